The number of nitrogens with zero attached hydrogens (tertiary/aromatic N) is 3. The third-order valence-corrected chi connectivity index (χ3v) is 5.79. The number of nitrogens with one attached hydrogen (secondary N) is 1. The fourth-order valence-corrected chi connectivity index (χ4v) is 3.89. The van der Waals surface area contributed by atoms with Gasteiger partial charge >= 0.3 is 5.97 Å². The summed E-state index contributed by atoms with van der Waals surface area (Å²) in [5, 5.41) is 7.53. The molecule has 0 spiro atoms. The highest BCUT2D eigenvalue weighted by Crippen LogP contribution is 2.24. The number of carbonyl (C=O) groups is 2. The minimum Gasteiger partial charge on any atom is -0.496 e. The molecule has 1 amide bonds. The SMILES string of the molecule is COC(=O)CCc1c(C)nn(-c2ccc(C(=O)NCc3ncc(C)c(OC)c3C)cc2)c1C. The van der Waals surface area contributed by atoms with E-state index in [1.165, 1.54) is 7.11 Å². The van der Waals surface area contributed by atoms with Crippen molar-refractivity contribution in [3.05, 3.63) is 69.8 Å². The molecule has 1 N–H and O–H groups in total. The summed E-state index contributed by atoms with van der Waals surface area (Å²) in [4.78, 5) is 28.6. The molecule has 0 aliphatic rings. The molecule has 3 aromatic rings. The monoisotopic (exact) mass is 450 g/mol. The van der Waals surface area contributed by atoms with Gasteiger partial charge in [0.2, 0.25) is 0 Å². The van der Waals surface area contributed by atoms with Gasteiger partial charge in [-0.2, -0.15) is 5.10 Å². The molecule has 174 valence electrons. The number of aryl methyl sites for hydroxylation is 2. The number of esters is 1. The number of rotatable bonds is 8. The number of hydrogen-bond donors (Lipinski definition) is 1. The van der Waals surface area contributed by atoms with E-state index in [-0.39, 0.29) is 11.9 Å². The second-order valence-electron chi connectivity index (χ2n) is 7.91. The fourth-order valence-electron chi connectivity index (χ4n) is 3.89. The van der Waals surface area contributed by atoms with Gasteiger partial charge in [-0.3, -0.25) is 14.6 Å². The fraction of sp³-hybridized carbons (Fsp3) is 0.360. The first-order valence-electron chi connectivity index (χ1n) is 10.8. The van der Waals surface area contributed by atoms with Crippen molar-refractivity contribution >= 4 is 11.9 Å². The Morgan fingerprint density at radius 1 is 1.06 bits per heavy atom. The first-order chi connectivity index (χ1) is 15.8. The van der Waals surface area contributed by atoms with Gasteiger partial charge in [0.25, 0.3) is 5.91 Å². The Hall–Kier alpha value is -3.68. The molecule has 0 atom stereocenters. The normalized spacial score (nSPS) is 10.7. The van der Waals surface area contributed by atoms with E-state index in [9.17, 15) is 9.59 Å². The minimum atomic E-state index is -0.244. The molecule has 3 rings (SSSR count). The zero-order chi connectivity index (χ0) is 24.1. The summed E-state index contributed by atoms with van der Waals surface area (Å²) in [6, 6.07) is 7.25. The van der Waals surface area contributed by atoms with Crippen LogP contribution in [0.3, 0.4) is 0 Å². The van der Waals surface area contributed by atoms with Crippen LogP contribution in [0.1, 0.15) is 50.6 Å². The summed E-state index contributed by atoms with van der Waals surface area (Å²) < 4.78 is 12.0. The number of pyridine rings is 1. The summed E-state index contributed by atoms with van der Waals surface area (Å²) in [5.74, 6) is 0.357. The van der Waals surface area contributed by atoms with E-state index in [2.05, 4.69) is 15.4 Å². The molecular formula is C25H30N4O4. The summed E-state index contributed by atoms with van der Waals surface area (Å²) in [5.41, 5.74) is 6.89. The number of methoxy groups -OCH3 is 2. The molecule has 1 aromatic carbocycles. The quantitative estimate of drug-likeness (QED) is 0.528. The third-order valence-electron chi connectivity index (χ3n) is 5.79. The number of benzene rings is 1. The molecule has 0 aliphatic heterocycles. The van der Waals surface area contributed by atoms with E-state index >= 15 is 0 Å². The molecule has 8 nitrogen and oxygen atoms in total. The number of amides is 1. The smallest absolute Gasteiger partial charge is 0.305 e. The van der Waals surface area contributed by atoms with E-state index in [4.69, 9.17) is 9.47 Å². The van der Waals surface area contributed by atoms with Crippen LogP contribution in [0.25, 0.3) is 5.69 Å². The number of ether oxygens (including phenoxy) is 2. The largest absolute Gasteiger partial charge is 0.496 e. The maximum absolute atomic E-state index is 12.7. The van der Waals surface area contributed by atoms with Crippen molar-refractivity contribution in [3.8, 4) is 11.4 Å². The van der Waals surface area contributed by atoms with Crippen LogP contribution in [-0.2, 0) is 22.5 Å². The zero-order valence-corrected chi connectivity index (χ0v) is 20.0. The van der Waals surface area contributed by atoms with Crippen LogP contribution >= 0.6 is 0 Å². The molecule has 2 aromatic heterocycles. The van der Waals surface area contributed by atoms with Gasteiger partial charge in [-0.1, -0.05) is 0 Å². The van der Waals surface area contributed by atoms with Crippen LogP contribution in [-0.4, -0.2) is 40.9 Å². The van der Waals surface area contributed by atoms with Gasteiger partial charge in [-0.25, -0.2) is 4.68 Å². The molecule has 0 saturated heterocycles. The summed E-state index contributed by atoms with van der Waals surface area (Å²) in [6.45, 7) is 8.08. The van der Waals surface area contributed by atoms with Crippen LogP contribution in [0.4, 0.5) is 0 Å². The topological polar surface area (TPSA) is 95.3 Å². The highest BCUT2D eigenvalue weighted by atomic mass is 16.5. The second-order valence-corrected chi connectivity index (χ2v) is 7.91. The van der Waals surface area contributed by atoms with E-state index in [0.29, 0.717) is 24.9 Å². The molecule has 0 saturated carbocycles. The first-order valence-corrected chi connectivity index (χ1v) is 10.8. The van der Waals surface area contributed by atoms with Gasteiger partial charge in [0, 0.05) is 35.0 Å². The zero-order valence-electron chi connectivity index (χ0n) is 20.0. The Morgan fingerprint density at radius 3 is 2.39 bits per heavy atom. The lowest BCUT2D eigenvalue weighted by Crippen LogP contribution is -2.24. The third kappa shape index (κ3) is 5.22. The maximum atomic E-state index is 12.7. The van der Waals surface area contributed by atoms with Gasteiger partial charge in [0.15, 0.2) is 0 Å². The molecule has 0 radical (unpaired) electrons. The maximum Gasteiger partial charge on any atom is 0.305 e. The van der Waals surface area contributed by atoms with Gasteiger partial charge in [-0.05, 0) is 63.9 Å². The lowest BCUT2D eigenvalue weighted by atomic mass is 10.1. The van der Waals surface area contributed by atoms with Crippen molar-refractivity contribution in [1.82, 2.24) is 20.1 Å². The molecule has 8 heteroatoms. The molecule has 0 unspecified atom stereocenters. The minimum absolute atomic E-state index is 0.186. The van der Waals surface area contributed by atoms with E-state index in [1.54, 1.807) is 25.4 Å². The van der Waals surface area contributed by atoms with Crippen molar-refractivity contribution in [1.29, 1.82) is 0 Å². The van der Waals surface area contributed by atoms with Crippen molar-refractivity contribution in [2.75, 3.05) is 14.2 Å². The lowest BCUT2D eigenvalue weighted by molar-refractivity contribution is -0.140. The predicted molar refractivity (Wildman–Crippen MR) is 125 cm³/mol. The Labute approximate surface area is 193 Å². The van der Waals surface area contributed by atoms with E-state index in [0.717, 1.165) is 45.2 Å². The van der Waals surface area contributed by atoms with Crippen molar-refractivity contribution in [2.45, 2.75) is 47.1 Å². The first kappa shape index (κ1) is 24.0. The Morgan fingerprint density at radius 2 is 1.76 bits per heavy atom. The van der Waals surface area contributed by atoms with Crippen molar-refractivity contribution < 1.29 is 19.1 Å². The summed E-state index contributed by atoms with van der Waals surface area (Å²) in [7, 11) is 3.02. The Bertz CT molecular complexity index is 1170. The molecule has 0 aliphatic carbocycles. The van der Waals surface area contributed by atoms with Gasteiger partial charge in [0.1, 0.15) is 5.75 Å². The molecular weight excluding hydrogens is 420 g/mol. The highest BCUT2D eigenvalue weighted by molar-refractivity contribution is 5.94. The second kappa shape index (κ2) is 10.3. The van der Waals surface area contributed by atoms with Crippen LogP contribution in [0.2, 0.25) is 0 Å². The number of carbonyl (C=O) groups excluding carboxylic acids is 2. The van der Waals surface area contributed by atoms with Crippen molar-refractivity contribution in [2.24, 2.45) is 0 Å². The van der Waals surface area contributed by atoms with Crippen molar-refractivity contribution in [3.63, 3.8) is 0 Å². The molecule has 0 bridgehead atoms. The van der Waals surface area contributed by atoms with Gasteiger partial charge in [-0.15, -0.1) is 0 Å². The predicted octanol–water partition coefficient (Wildman–Crippen LogP) is 3.55. The molecule has 33 heavy (non-hydrogen) atoms. The van der Waals surface area contributed by atoms with Crippen LogP contribution < -0.4 is 10.1 Å². The van der Waals surface area contributed by atoms with Crippen LogP contribution in [0.15, 0.2) is 30.5 Å². The van der Waals surface area contributed by atoms with Crippen LogP contribution in [0.5, 0.6) is 5.75 Å². The Kier molecular flexibility index (Phi) is 7.48. The average Bonchev–Trinajstić information content (AvgIpc) is 3.10. The highest BCUT2D eigenvalue weighted by Gasteiger charge is 2.15. The Balaban J connectivity index is 1.71. The lowest BCUT2D eigenvalue weighted by Gasteiger charge is -2.13. The number of aromatic nitrogens is 3. The van der Waals surface area contributed by atoms with Crippen LogP contribution in [0, 0.1) is 27.7 Å². The standard InChI is InChI=1S/C25H30N4O4/c1-15-13-26-22(16(2)24(15)33-6)14-27-25(31)19-7-9-20(10-8-19)29-18(4)21(17(3)28-29)11-12-23(30)32-5/h7-10,13H,11-12,14H2,1-6H3,(H,27,31). The summed E-state index contributed by atoms with van der Waals surface area (Å²) >= 11 is 0. The molecule has 2 heterocycles. The van der Waals surface area contributed by atoms with E-state index in [1.807, 2.05) is 44.5 Å². The molecule has 0 fully saturated rings. The van der Waals surface area contributed by atoms with E-state index < -0.39 is 0 Å². The van der Waals surface area contributed by atoms with Gasteiger partial charge in [0.05, 0.1) is 37.8 Å². The summed E-state index contributed by atoms with van der Waals surface area (Å²) in [6.07, 6.45) is 2.63. The van der Waals surface area contributed by atoms with Gasteiger partial charge < -0.3 is 14.8 Å². The number of hydrogen-bond acceptors (Lipinski definition) is 6. The average molecular weight is 451 g/mol.